The van der Waals surface area contributed by atoms with Crippen molar-refractivity contribution in [1.82, 2.24) is 24.8 Å². The zero-order valence-electron chi connectivity index (χ0n) is 16.9. The first kappa shape index (κ1) is 22.0. The number of rotatable bonds is 5. The quantitative estimate of drug-likeness (QED) is 0.210. The smallest absolute Gasteiger partial charge is 0.255 e. The summed E-state index contributed by atoms with van der Waals surface area (Å²) in [6.45, 7) is -0.0269. The summed E-state index contributed by atoms with van der Waals surface area (Å²) in [6, 6.07) is 3.96. The molecule has 1 aliphatic heterocycles. The summed E-state index contributed by atoms with van der Waals surface area (Å²) < 4.78 is 7.19. The van der Waals surface area contributed by atoms with Gasteiger partial charge in [0.15, 0.2) is 29.2 Å². The van der Waals surface area contributed by atoms with Crippen LogP contribution in [0.2, 0.25) is 0 Å². The molecule has 0 aliphatic carbocycles. The van der Waals surface area contributed by atoms with Crippen LogP contribution in [0, 0.1) is 11.3 Å². The van der Waals surface area contributed by atoms with E-state index in [9.17, 15) is 25.2 Å². The average molecular weight is 453 g/mol. The number of nitrogens with zero attached hydrogens (tertiary/aromatic N) is 5. The highest BCUT2D eigenvalue weighted by atomic mass is 16.6. The SMILES string of the molecule is N#Cc1cc(O)c(O)c(C(=O)NC/C=C/[C@H]2O[C@@H](n3cnc4c(N)ncnc43)[C@H](O)[C@@H]2O)c1. The molecule has 170 valence electrons. The molecule has 0 bridgehead atoms. The number of phenolic OH excluding ortho intramolecular Hbond substituents is 2. The maximum Gasteiger partial charge on any atom is 0.255 e. The maximum absolute atomic E-state index is 12.3. The van der Waals surface area contributed by atoms with Crippen LogP contribution in [0.3, 0.4) is 0 Å². The number of nitriles is 1. The first-order valence-corrected chi connectivity index (χ1v) is 9.67. The van der Waals surface area contributed by atoms with Crippen molar-refractivity contribution in [2.75, 3.05) is 12.3 Å². The Morgan fingerprint density at radius 1 is 1.27 bits per heavy atom. The van der Waals surface area contributed by atoms with Gasteiger partial charge in [-0.15, -0.1) is 0 Å². The Kier molecular flexibility index (Phi) is 5.80. The van der Waals surface area contributed by atoms with Crippen molar-refractivity contribution in [2.24, 2.45) is 0 Å². The highest BCUT2D eigenvalue weighted by Gasteiger charge is 2.43. The van der Waals surface area contributed by atoms with Gasteiger partial charge in [0.25, 0.3) is 5.91 Å². The molecule has 3 heterocycles. The number of aliphatic hydroxyl groups excluding tert-OH is 2. The number of carbonyl (C=O) groups is 1. The fraction of sp³-hybridized carbons (Fsp3) is 0.250. The number of hydrogen-bond donors (Lipinski definition) is 6. The molecular formula is C20H19N7O6. The Morgan fingerprint density at radius 3 is 2.82 bits per heavy atom. The molecule has 4 rings (SSSR count). The second kappa shape index (κ2) is 8.71. The van der Waals surface area contributed by atoms with Gasteiger partial charge in [0.05, 0.1) is 23.5 Å². The summed E-state index contributed by atoms with van der Waals surface area (Å²) in [7, 11) is 0. The Labute approximate surface area is 186 Å². The Balaban J connectivity index is 1.42. The van der Waals surface area contributed by atoms with Gasteiger partial charge in [0.2, 0.25) is 0 Å². The molecule has 3 aromatic rings. The average Bonchev–Trinajstić information content (AvgIpc) is 3.35. The fourth-order valence-electron chi connectivity index (χ4n) is 3.44. The second-order valence-corrected chi connectivity index (χ2v) is 7.20. The van der Waals surface area contributed by atoms with Gasteiger partial charge in [-0.1, -0.05) is 12.2 Å². The number of benzene rings is 1. The van der Waals surface area contributed by atoms with Crippen LogP contribution in [0.25, 0.3) is 11.2 Å². The molecule has 1 saturated heterocycles. The number of aromatic nitrogens is 4. The van der Waals surface area contributed by atoms with Crippen LogP contribution in [-0.2, 0) is 4.74 Å². The zero-order valence-corrected chi connectivity index (χ0v) is 16.9. The number of aliphatic hydroxyl groups is 2. The molecular weight excluding hydrogens is 434 g/mol. The summed E-state index contributed by atoms with van der Waals surface area (Å²) >= 11 is 0. The van der Waals surface area contributed by atoms with Gasteiger partial charge >= 0.3 is 0 Å². The van der Waals surface area contributed by atoms with Crippen molar-refractivity contribution in [2.45, 2.75) is 24.5 Å². The molecule has 1 amide bonds. The van der Waals surface area contributed by atoms with E-state index < -0.39 is 41.9 Å². The van der Waals surface area contributed by atoms with Gasteiger partial charge in [-0.25, -0.2) is 15.0 Å². The molecule has 0 radical (unpaired) electrons. The van der Waals surface area contributed by atoms with Crippen LogP contribution >= 0.6 is 0 Å². The van der Waals surface area contributed by atoms with Crippen molar-refractivity contribution in [3.63, 3.8) is 0 Å². The van der Waals surface area contributed by atoms with E-state index >= 15 is 0 Å². The lowest BCUT2D eigenvalue weighted by Crippen LogP contribution is -2.31. The molecule has 7 N–H and O–H groups in total. The molecule has 1 fully saturated rings. The molecule has 2 aromatic heterocycles. The van der Waals surface area contributed by atoms with Gasteiger partial charge < -0.3 is 36.2 Å². The maximum atomic E-state index is 12.3. The van der Waals surface area contributed by atoms with E-state index in [0.717, 1.165) is 12.1 Å². The molecule has 0 saturated carbocycles. The number of phenols is 2. The summed E-state index contributed by atoms with van der Waals surface area (Å²) in [6.07, 6.45) is 1.10. The number of anilines is 1. The number of imidazole rings is 1. The van der Waals surface area contributed by atoms with E-state index in [4.69, 9.17) is 15.7 Å². The van der Waals surface area contributed by atoms with Gasteiger partial charge in [0.1, 0.15) is 30.2 Å². The van der Waals surface area contributed by atoms with Crippen LogP contribution in [0.1, 0.15) is 22.1 Å². The normalized spacial score (nSPS) is 22.6. The molecule has 33 heavy (non-hydrogen) atoms. The summed E-state index contributed by atoms with van der Waals surface area (Å²) in [5.74, 6) is -1.79. The summed E-state index contributed by atoms with van der Waals surface area (Å²) in [4.78, 5) is 24.3. The Hall–Kier alpha value is -4.25. The number of ether oxygens (including phenoxy) is 1. The van der Waals surface area contributed by atoms with Gasteiger partial charge in [-0.2, -0.15) is 5.26 Å². The molecule has 13 nitrogen and oxygen atoms in total. The van der Waals surface area contributed by atoms with Crippen molar-refractivity contribution in [1.29, 1.82) is 5.26 Å². The summed E-state index contributed by atoms with van der Waals surface area (Å²) in [5, 5.41) is 51.7. The number of carbonyl (C=O) groups excluding carboxylic acids is 1. The third kappa shape index (κ3) is 4.01. The molecule has 1 aliphatic rings. The fourth-order valence-corrected chi connectivity index (χ4v) is 3.44. The lowest BCUT2D eigenvalue weighted by atomic mass is 10.1. The largest absolute Gasteiger partial charge is 0.504 e. The Bertz CT molecular complexity index is 1280. The minimum Gasteiger partial charge on any atom is -0.504 e. The lowest BCUT2D eigenvalue weighted by Gasteiger charge is -2.16. The lowest BCUT2D eigenvalue weighted by molar-refractivity contribution is -0.0245. The van der Waals surface area contributed by atoms with Crippen LogP contribution in [0.5, 0.6) is 11.5 Å². The van der Waals surface area contributed by atoms with Crippen LogP contribution < -0.4 is 11.1 Å². The number of fused-ring (bicyclic) bond motifs is 1. The topological polar surface area (TPSA) is 213 Å². The minimum atomic E-state index is -1.29. The number of hydrogen-bond acceptors (Lipinski definition) is 11. The first-order valence-electron chi connectivity index (χ1n) is 9.67. The molecule has 1 aromatic carbocycles. The predicted octanol–water partition coefficient (Wildman–Crippen LogP) is -0.703. The first-order chi connectivity index (χ1) is 15.8. The number of aromatic hydroxyl groups is 2. The standard InChI is InChI=1S/C20H19N7O6/c21-6-9-4-10(14(29)11(28)5-9)19(32)23-3-1-2-12-15(30)16(31)20(33-12)27-8-26-13-17(22)24-7-25-18(13)27/h1-2,4-5,7-8,12,15-16,20,28-31H,3H2,(H,23,32)(H2,22,24,25)/b2-1+/t12-,15-,16-,20-/m1/s1. The predicted molar refractivity (Wildman–Crippen MR) is 112 cm³/mol. The van der Waals surface area contributed by atoms with E-state index in [0.29, 0.717) is 11.2 Å². The van der Waals surface area contributed by atoms with E-state index in [2.05, 4.69) is 20.3 Å². The van der Waals surface area contributed by atoms with E-state index in [-0.39, 0.29) is 23.5 Å². The van der Waals surface area contributed by atoms with E-state index in [1.54, 1.807) is 6.07 Å². The van der Waals surface area contributed by atoms with Crippen LogP contribution in [0.4, 0.5) is 5.82 Å². The van der Waals surface area contributed by atoms with Crippen molar-refractivity contribution < 1.29 is 30.0 Å². The van der Waals surface area contributed by atoms with Gasteiger partial charge in [-0.05, 0) is 6.07 Å². The highest BCUT2D eigenvalue weighted by Crippen LogP contribution is 2.32. The zero-order chi connectivity index (χ0) is 23.7. The highest BCUT2D eigenvalue weighted by molar-refractivity contribution is 5.98. The van der Waals surface area contributed by atoms with Gasteiger partial charge in [0, 0.05) is 12.6 Å². The molecule has 4 atom stereocenters. The molecule has 0 unspecified atom stereocenters. The number of nitrogens with one attached hydrogen (secondary N) is 1. The van der Waals surface area contributed by atoms with Crippen molar-refractivity contribution in [3.8, 4) is 17.6 Å². The number of nitrogen functional groups attached to an aromatic ring is 1. The third-order valence-electron chi connectivity index (χ3n) is 5.11. The van der Waals surface area contributed by atoms with Crippen molar-refractivity contribution in [3.05, 3.63) is 48.1 Å². The minimum absolute atomic E-state index is 0.00699. The third-order valence-corrected chi connectivity index (χ3v) is 5.11. The molecule has 13 heteroatoms. The van der Waals surface area contributed by atoms with E-state index in [1.807, 2.05) is 0 Å². The summed E-state index contributed by atoms with van der Waals surface area (Å²) in [5.41, 5.74) is 6.18. The van der Waals surface area contributed by atoms with Crippen molar-refractivity contribution >= 4 is 22.9 Å². The molecule has 0 spiro atoms. The van der Waals surface area contributed by atoms with Crippen LogP contribution in [-0.4, -0.2) is 70.7 Å². The van der Waals surface area contributed by atoms with Crippen LogP contribution in [0.15, 0.2) is 36.9 Å². The number of nitrogens with two attached hydrogens (primary N) is 1. The monoisotopic (exact) mass is 453 g/mol. The van der Waals surface area contributed by atoms with E-state index in [1.165, 1.54) is 29.4 Å². The number of amides is 1. The second-order valence-electron chi connectivity index (χ2n) is 7.20. The van der Waals surface area contributed by atoms with Gasteiger partial charge in [-0.3, -0.25) is 9.36 Å². The Morgan fingerprint density at radius 2 is 2.06 bits per heavy atom.